The summed E-state index contributed by atoms with van der Waals surface area (Å²) in [6.45, 7) is 6.54. The monoisotopic (exact) mass is 331 g/mol. The number of aliphatic hydroxyl groups is 1. The van der Waals surface area contributed by atoms with Gasteiger partial charge >= 0.3 is 0 Å². The van der Waals surface area contributed by atoms with Crippen LogP contribution < -0.4 is 5.32 Å². The van der Waals surface area contributed by atoms with Gasteiger partial charge in [-0.15, -0.1) is 11.8 Å². The summed E-state index contributed by atoms with van der Waals surface area (Å²) in [6, 6.07) is 6.42. The molecule has 0 aliphatic carbocycles. The highest BCUT2D eigenvalue weighted by molar-refractivity contribution is 9.10. The van der Waals surface area contributed by atoms with Gasteiger partial charge in [-0.1, -0.05) is 29.8 Å². The number of benzene rings is 1. The molecule has 0 amide bonds. The van der Waals surface area contributed by atoms with Gasteiger partial charge < -0.3 is 10.4 Å². The van der Waals surface area contributed by atoms with Gasteiger partial charge in [0.25, 0.3) is 0 Å². The van der Waals surface area contributed by atoms with E-state index >= 15 is 0 Å². The molecular formula is C14H22BrNOS. The van der Waals surface area contributed by atoms with Crippen LogP contribution in [-0.4, -0.2) is 23.5 Å². The fraction of sp³-hybridized carbons (Fsp3) is 0.571. The zero-order valence-corrected chi connectivity index (χ0v) is 13.5. The van der Waals surface area contributed by atoms with Crippen LogP contribution in [0.25, 0.3) is 0 Å². The molecule has 4 heteroatoms. The van der Waals surface area contributed by atoms with Crippen LogP contribution in [0.5, 0.6) is 0 Å². The number of halogens is 1. The van der Waals surface area contributed by atoms with Gasteiger partial charge in [0.05, 0.1) is 0 Å². The van der Waals surface area contributed by atoms with Crippen molar-refractivity contribution < 1.29 is 5.11 Å². The van der Waals surface area contributed by atoms with Gasteiger partial charge in [0.1, 0.15) is 0 Å². The summed E-state index contributed by atoms with van der Waals surface area (Å²) in [4.78, 5) is 1.31. The largest absolute Gasteiger partial charge is 0.396 e. The van der Waals surface area contributed by atoms with E-state index in [0.29, 0.717) is 5.25 Å². The number of nitrogens with one attached hydrogen (secondary N) is 1. The lowest BCUT2D eigenvalue weighted by Gasteiger charge is -2.14. The second-order valence-electron chi connectivity index (χ2n) is 4.37. The van der Waals surface area contributed by atoms with Crippen LogP contribution in [0.3, 0.4) is 0 Å². The Morgan fingerprint density at radius 3 is 2.89 bits per heavy atom. The van der Waals surface area contributed by atoms with E-state index in [1.807, 2.05) is 11.8 Å². The van der Waals surface area contributed by atoms with Crippen LogP contribution in [0.1, 0.15) is 32.3 Å². The van der Waals surface area contributed by atoms with Crippen molar-refractivity contribution in [2.24, 2.45) is 0 Å². The van der Waals surface area contributed by atoms with E-state index in [-0.39, 0.29) is 6.61 Å². The summed E-state index contributed by atoms with van der Waals surface area (Å²) >= 11 is 5.37. The Morgan fingerprint density at radius 2 is 2.22 bits per heavy atom. The fourth-order valence-corrected chi connectivity index (χ4v) is 3.15. The minimum atomic E-state index is 0.258. The summed E-state index contributed by atoms with van der Waals surface area (Å²) in [5.74, 6) is 0. The van der Waals surface area contributed by atoms with E-state index in [1.165, 1.54) is 10.5 Å². The van der Waals surface area contributed by atoms with Crippen molar-refractivity contribution in [3.8, 4) is 0 Å². The molecule has 2 N–H and O–H groups in total. The van der Waals surface area contributed by atoms with Gasteiger partial charge in [0, 0.05) is 27.8 Å². The standard InChI is InChI=1S/C14H22BrNOS/c1-3-7-16-10-12-9-13(15)4-5-14(12)18-11(2)6-8-17/h4-5,9,11,16-17H,3,6-8,10H2,1-2H3. The fourth-order valence-electron chi connectivity index (χ4n) is 1.66. The summed E-state index contributed by atoms with van der Waals surface area (Å²) in [5.41, 5.74) is 1.33. The van der Waals surface area contributed by atoms with E-state index in [2.05, 4.69) is 53.3 Å². The first-order valence-electron chi connectivity index (χ1n) is 6.44. The van der Waals surface area contributed by atoms with Gasteiger partial charge in [0.2, 0.25) is 0 Å². The van der Waals surface area contributed by atoms with Crippen LogP contribution in [0, 0.1) is 0 Å². The third kappa shape index (κ3) is 5.74. The highest BCUT2D eigenvalue weighted by atomic mass is 79.9. The minimum Gasteiger partial charge on any atom is -0.396 e. The first kappa shape index (κ1) is 16.0. The lowest BCUT2D eigenvalue weighted by molar-refractivity contribution is 0.289. The molecule has 0 aliphatic rings. The Kier molecular flexibility index (Phi) is 7.98. The van der Waals surface area contributed by atoms with Gasteiger partial charge in [-0.2, -0.15) is 0 Å². The van der Waals surface area contributed by atoms with Gasteiger partial charge in [0.15, 0.2) is 0 Å². The predicted molar refractivity (Wildman–Crippen MR) is 83.2 cm³/mol. The Labute approximate surface area is 123 Å². The van der Waals surface area contributed by atoms with E-state index < -0.39 is 0 Å². The summed E-state index contributed by atoms with van der Waals surface area (Å²) in [6.07, 6.45) is 1.99. The molecular weight excluding hydrogens is 310 g/mol. The predicted octanol–water partition coefficient (Wildman–Crippen LogP) is 3.81. The molecule has 0 radical (unpaired) electrons. The molecule has 0 aromatic heterocycles. The molecule has 0 saturated carbocycles. The highest BCUT2D eigenvalue weighted by Gasteiger charge is 2.08. The zero-order valence-electron chi connectivity index (χ0n) is 11.1. The van der Waals surface area contributed by atoms with Crippen LogP contribution >= 0.6 is 27.7 Å². The maximum absolute atomic E-state index is 8.97. The van der Waals surface area contributed by atoms with E-state index in [9.17, 15) is 0 Å². The molecule has 1 atom stereocenters. The third-order valence-corrected chi connectivity index (χ3v) is 4.41. The SMILES string of the molecule is CCCNCc1cc(Br)ccc1SC(C)CCO. The average Bonchev–Trinajstić information content (AvgIpc) is 2.33. The molecule has 0 fully saturated rings. The Bertz CT molecular complexity index is 360. The lowest BCUT2D eigenvalue weighted by Crippen LogP contribution is -2.14. The van der Waals surface area contributed by atoms with Gasteiger partial charge in [-0.25, -0.2) is 0 Å². The number of hydrogen-bond acceptors (Lipinski definition) is 3. The second-order valence-corrected chi connectivity index (χ2v) is 6.77. The number of rotatable bonds is 8. The van der Waals surface area contributed by atoms with E-state index in [1.54, 1.807) is 0 Å². The maximum Gasteiger partial charge on any atom is 0.0441 e. The molecule has 102 valence electrons. The van der Waals surface area contributed by atoms with Gasteiger partial charge in [-0.05, 0) is 43.1 Å². The number of aliphatic hydroxyl groups excluding tert-OH is 1. The summed E-state index contributed by atoms with van der Waals surface area (Å²) in [5, 5.41) is 12.9. The molecule has 0 spiro atoms. The molecule has 0 heterocycles. The van der Waals surface area contributed by atoms with Crippen molar-refractivity contribution >= 4 is 27.7 Å². The first-order chi connectivity index (χ1) is 8.67. The Morgan fingerprint density at radius 1 is 1.44 bits per heavy atom. The molecule has 18 heavy (non-hydrogen) atoms. The summed E-state index contributed by atoms with van der Waals surface area (Å²) in [7, 11) is 0. The molecule has 1 aromatic carbocycles. The minimum absolute atomic E-state index is 0.258. The van der Waals surface area contributed by atoms with E-state index in [4.69, 9.17) is 5.11 Å². The zero-order chi connectivity index (χ0) is 13.4. The topological polar surface area (TPSA) is 32.3 Å². The van der Waals surface area contributed by atoms with Crippen molar-refractivity contribution in [1.29, 1.82) is 0 Å². The summed E-state index contributed by atoms with van der Waals surface area (Å²) < 4.78 is 1.12. The van der Waals surface area contributed by atoms with Crippen LogP contribution in [0.4, 0.5) is 0 Å². The molecule has 1 rings (SSSR count). The van der Waals surface area contributed by atoms with Crippen molar-refractivity contribution in [3.05, 3.63) is 28.2 Å². The van der Waals surface area contributed by atoms with Crippen molar-refractivity contribution in [2.45, 2.75) is 43.4 Å². The van der Waals surface area contributed by atoms with Crippen molar-refractivity contribution in [2.75, 3.05) is 13.2 Å². The normalized spacial score (nSPS) is 12.7. The molecule has 2 nitrogen and oxygen atoms in total. The van der Waals surface area contributed by atoms with Crippen LogP contribution in [0.15, 0.2) is 27.6 Å². The van der Waals surface area contributed by atoms with E-state index in [0.717, 1.165) is 30.4 Å². The smallest absolute Gasteiger partial charge is 0.0441 e. The first-order valence-corrected chi connectivity index (χ1v) is 8.11. The molecule has 1 unspecified atom stereocenters. The maximum atomic E-state index is 8.97. The Balaban J connectivity index is 2.69. The van der Waals surface area contributed by atoms with Crippen LogP contribution in [-0.2, 0) is 6.54 Å². The number of thioether (sulfide) groups is 1. The van der Waals surface area contributed by atoms with Crippen molar-refractivity contribution in [3.63, 3.8) is 0 Å². The molecule has 0 saturated heterocycles. The quantitative estimate of drug-likeness (QED) is 0.561. The Hall–Kier alpha value is -0.0300. The average molecular weight is 332 g/mol. The molecule has 0 bridgehead atoms. The number of hydrogen-bond donors (Lipinski definition) is 2. The lowest BCUT2D eigenvalue weighted by atomic mass is 10.2. The van der Waals surface area contributed by atoms with Crippen LogP contribution in [0.2, 0.25) is 0 Å². The third-order valence-electron chi connectivity index (χ3n) is 2.63. The second kappa shape index (κ2) is 8.97. The highest BCUT2D eigenvalue weighted by Crippen LogP contribution is 2.30. The van der Waals surface area contributed by atoms with Crippen molar-refractivity contribution in [1.82, 2.24) is 5.32 Å². The van der Waals surface area contributed by atoms with Gasteiger partial charge in [-0.3, -0.25) is 0 Å². The molecule has 0 aliphatic heterocycles. The molecule has 1 aromatic rings.